The number of anilines is 1. The summed E-state index contributed by atoms with van der Waals surface area (Å²) in [4.78, 5) is 13.7. The van der Waals surface area contributed by atoms with E-state index >= 15 is 0 Å². The topological polar surface area (TPSA) is 94.1 Å². The van der Waals surface area contributed by atoms with E-state index in [1.54, 1.807) is 6.07 Å². The van der Waals surface area contributed by atoms with Crippen molar-refractivity contribution in [3.63, 3.8) is 0 Å². The lowest BCUT2D eigenvalue weighted by Crippen LogP contribution is -2.02. The maximum atomic E-state index is 10.3. The van der Waals surface area contributed by atoms with Gasteiger partial charge in [0.15, 0.2) is 0 Å². The lowest BCUT2D eigenvalue weighted by Gasteiger charge is -2.00. The van der Waals surface area contributed by atoms with Crippen LogP contribution in [0, 0.1) is 10.1 Å². The Kier molecular flexibility index (Phi) is 4.24. The van der Waals surface area contributed by atoms with Crippen LogP contribution in [-0.4, -0.2) is 23.0 Å². The van der Waals surface area contributed by atoms with Crippen molar-refractivity contribution in [3.05, 3.63) is 40.6 Å². The molecule has 0 spiro atoms. The first-order valence-electron chi connectivity index (χ1n) is 4.43. The average Bonchev–Trinajstić information content (AvgIpc) is 2.25. The quantitative estimate of drug-likeness (QED) is 0.426. The highest BCUT2D eigenvalue weighted by Crippen LogP contribution is 2.11. The molecule has 6 heteroatoms. The third kappa shape index (κ3) is 3.74. The molecule has 0 aliphatic carbocycles. The van der Waals surface area contributed by atoms with E-state index in [1.165, 1.54) is 12.3 Å². The lowest BCUT2D eigenvalue weighted by atomic mass is 10.4. The minimum atomic E-state index is -0.481. The molecular weight excluding hydrogens is 196 g/mol. The number of aromatic nitrogens is 1. The van der Waals surface area contributed by atoms with Gasteiger partial charge in [0.2, 0.25) is 0 Å². The van der Waals surface area contributed by atoms with E-state index < -0.39 is 4.92 Å². The Hall–Kier alpha value is -1.95. The van der Waals surface area contributed by atoms with Crippen LogP contribution in [0.15, 0.2) is 30.5 Å². The van der Waals surface area contributed by atoms with Gasteiger partial charge < -0.3 is 11.1 Å². The van der Waals surface area contributed by atoms with Gasteiger partial charge in [0.05, 0.1) is 4.92 Å². The molecule has 6 nitrogen and oxygen atoms in total. The fraction of sp³-hybridized carbons (Fsp3) is 0.222. The Labute approximate surface area is 87.0 Å². The van der Waals surface area contributed by atoms with Gasteiger partial charge in [-0.05, 0) is 6.07 Å². The Balaban J connectivity index is 2.50. The summed E-state index contributed by atoms with van der Waals surface area (Å²) in [6.07, 6.45) is 4.90. The zero-order valence-corrected chi connectivity index (χ0v) is 8.09. The molecule has 0 amide bonds. The average molecular weight is 208 g/mol. The molecule has 0 aliphatic heterocycles. The van der Waals surface area contributed by atoms with Crippen molar-refractivity contribution in [2.75, 3.05) is 18.4 Å². The normalized spacial score (nSPS) is 10.5. The highest BCUT2D eigenvalue weighted by Gasteiger charge is 2.03. The highest BCUT2D eigenvalue weighted by molar-refractivity contribution is 5.40. The standard InChI is InChI=1S/C9H12N4O2/c10-5-1-2-6-11-9-4-3-8(7-12-9)13(14)15/h1-4,7H,5-6,10H2,(H,11,12)/b2-1+. The summed E-state index contributed by atoms with van der Waals surface area (Å²) in [5, 5.41) is 13.3. The van der Waals surface area contributed by atoms with E-state index in [4.69, 9.17) is 5.73 Å². The molecule has 0 aromatic carbocycles. The second-order valence-electron chi connectivity index (χ2n) is 2.75. The molecule has 0 unspecified atom stereocenters. The first kappa shape index (κ1) is 11.1. The smallest absolute Gasteiger partial charge is 0.287 e. The molecule has 1 rings (SSSR count). The molecule has 0 bridgehead atoms. The van der Waals surface area contributed by atoms with Crippen LogP contribution < -0.4 is 11.1 Å². The minimum absolute atomic E-state index is 0.0157. The molecule has 0 saturated carbocycles. The van der Waals surface area contributed by atoms with Crippen LogP contribution in [0.5, 0.6) is 0 Å². The zero-order valence-electron chi connectivity index (χ0n) is 8.09. The van der Waals surface area contributed by atoms with E-state index in [1.807, 2.05) is 12.2 Å². The largest absolute Gasteiger partial charge is 0.367 e. The number of nitrogens with one attached hydrogen (secondary N) is 1. The van der Waals surface area contributed by atoms with Crippen LogP contribution in [0.1, 0.15) is 0 Å². The Morgan fingerprint density at radius 2 is 2.33 bits per heavy atom. The van der Waals surface area contributed by atoms with Crippen LogP contribution in [0.25, 0.3) is 0 Å². The van der Waals surface area contributed by atoms with Crippen LogP contribution in [0.2, 0.25) is 0 Å². The SMILES string of the molecule is NC/C=C/CNc1ccc([N+](=O)[O-])cn1. The summed E-state index contributed by atoms with van der Waals surface area (Å²) >= 11 is 0. The maximum absolute atomic E-state index is 10.3. The van der Waals surface area contributed by atoms with Gasteiger partial charge in [0.25, 0.3) is 5.69 Å². The monoisotopic (exact) mass is 208 g/mol. The summed E-state index contributed by atoms with van der Waals surface area (Å²) < 4.78 is 0. The van der Waals surface area contributed by atoms with Gasteiger partial charge in [0, 0.05) is 19.2 Å². The van der Waals surface area contributed by atoms with Crippen molar-refractivity contribution >= 4 is 11.5 Å². The Morgan fingerprint density at radius 3 is 2.87 bits per heavy atom. The minimum Gasteiger partial charge on any atom is -0.367 e. The van der Waals surface area contributed by atoms with Gasteiger partial charge in [-0.15, -0.1) is 0 Å². The van der Waals surface area contributed by atoms with Crippen LogP contribution >= 0.6 is 0 Å². The molecule has 0 aliphatic rings. The van der Waals surface area contributed by atoms with Gasteiger partial charge >= 0.3 is 0 Å². The van der Waals surface area contributed by atoms with Gasteiger partial charge in [-0.25, -0.2) is 4.98 Å². The highest BCUT2D eigenvalue weighted by atomic mass is 16.6. The van der Waals surface area contributed by atoms with Gasteiger partial charge in [-0.2, -0.15) is 0 Å². The van der Waals surface area contributed by atoms with Gasteiger partial charge in [-0.3, -0.25) is 10.1 Å². The predicted octanol–water partition coefficient (Wildman–Crippen LogP) is 0.917. The van der Waals surface area contributed by atoms with Crippen molar-refractivity contribution in [3.8, 4) is 0 Å². The molecule has 1 heterocycles. The predicted molar refractivity (Wildman–Crippen MR) is 57.6 cm³/mol. The van der Waals surface area contributed by atoms with Gasteiger partial charge in [0.1, 0.15) is 12.0 Å². The molecule has 80 valence electrons. The van der Waals surface area contributed by atoms with Crippen molar-refractivity contribution in [2.24, 2.45) is 5.73 Å². The number of nitrogens with zero attached hydrogens (tertiary/aromatic N) is 2. The Morgan fingerprint density at radius 1 is 1.53 bits per heavy atom. The fourth-order valence-electron chi connectivity index (χ4n) is 0.942. The molecule has 0 radical (unpaired) electrons. The summed E-state index contributed by atoms with van der Waals surface area (Å²) in [5.41, 5.74) is 5.24. The summed E-state index contributed by atoms with van der Waals surface area (Å²) in [6, 6.07) is 2.97. The first-order chi connectivity index (χ1) is 7.24. The number of pyridine rings is 1. The van der Waals surface area contributed by atoms with Crippen molar-refractivity contribution < 1.29 is 4.92 Å². The second kappa shape index (κ2) is 5.71. The maximum Gasteiger partial charge on any atom is 0.287 e. The van der Waals surface area contributed by atoms with Crippen LogP contribution in [0.3, 0.4) is 0 Å². The molecule has 0 fully saturated rings. The second-order valence-corrected chi connectivity index (χ2v) is 2.75. The third-order valence-electron chi connectivity index (χ3n) is 1.66. The van der Waals surface area contributed by atoms with Crippen LogP contribution in [-0.2, 0) is 0 Å². The Bertz CT molecular complexity index is 348. The summed E-state index contributed by atoms with van der Waals surface area (Å²) in [6.45, 7) is 1.09. The molecule has 0 atom stereocenters. The number of nitrogens with two attached hydrogens (primary N) is 1. The molecule has 0 saturated heterocycles. The molecule has 1 aromatic heterocycles. The van der Waals surface area contributed by atoms with E-state index in [2.05, 4.69) is 10.3 Å². The number of nitro groups is 1. The third-order valence-corrected chi connectivity index (χ3v) is 1.66. The van der Waals surface area contributed by atoms with E-state index in [0.29, 0.717) is 18.9 Å². The van der Waals surface area contributed by atoms with Crippen molar-refractivity contribution in [1.29, 1.82) is 0 Å². The van der Waals surface area contributed by atoms with Crippen molar-refractivity contribution in [2.45, 2.75) is 0 Å². The molecule has 3 N–H and O–H groups in total. The summed E-state index contributed by atoms with van der Waals surface area (Å²) in [5.74, 6) is 0.599. The number of hydrogen-bond donors (Lipinski definition) is 2. The van der Waals surface area contributed by atoms with Gasteiger partial charge in [-0.1, -0.05) is 12.2 Å². The number of hydrogen-bond acceptors (Lipinski definition) is 5. The van der Waals surface area contributed by atoms with E-state index in [0.717, 1.165) is 0 Å². The van der Waals surface area contributed by atoms with E-state index in [-0.39, 0.29) is 5.69 Å². The molecule has 1 aromatic rings. The van der Waals surface area contributed by atoms with Crippen LogP contribution in [0.4, 0.5) is 11.5 Å². The van der Waals surface area contributed by atoms with E-state index in [9.17, 15) is 10.1 Å². The molecule has 15 heavy (non-hydrogen) atoms. The number of rotatable bonds is 5. The summed E-state index contributed by atoms with van der Waals surface area (Å²) in [7, 11) is 0. The fourth-order valence-corrected chi connectivity index (χ4v) is 0.942. The first-order valence-corrected chi connectivity index (χ1v) is 4.43. The molecular formula is C9H12N4O2. The lowest BCUT2D eigenvalue weighted by molar-refractivity contribution is -0.385. The van der Waals surface area contributed by atoms with Crippen molar-refractivity contribution in [1.82, 2.24) is 4.98 Å². The zero-order chi connectivity index (χ0) is 11.1.